The smallest absolute Gasteiger partial charge is 0.226 e. The van der Waals surface area contributed by atoms with Gasteiger partial charge in [-0.25, -0.2) is 0 Å². The van der Waals surface area contributed by atoms with Crippen LogP contribution < -0.4 is 5.73 Å². The first-order valence-corrected chi connectivity index (χ1v) is 7.23. The topological polar surface area (TPSA) is 46.3 Å². The van der Waals surface area contributed by atoms with E-state index in [-0.39, 0.29) is 5.54 Å². The minimum Gasteiger partial charge on any atom is -0.339 e. The van der Waals surface area contributed by atoms with Crippen LogP contribution in [0.25, 0.3) is 0 Å². The van der Waals surface area contributed by atoms with Crippen molar-refractivity contribution in [3.8, 4) is 0 Å². The van der Waals surface area contributed by atoms with Gasteiger partial charge in [0.05, 0.1) is 5.54 Å². The van der Waals surface area contributed by atoms with Crippen molar-refractivity contribution >= 4 is 5.91 Å². The minimum absolute atomic E-state index is 0.00667. The number of carbonyl (C=O) groups is 1. The monoisotopic (exact) mass is 234 g/mol. The van der Waals surface area contributed by atoms with E-state index in [4.69, 9.17) is 5.73 Å². The number of hydrogen-bond donors (Lipinski definition) is 1. The number of nitrogens with two attached hydrogens (primary N) is 1. The predicted molar refractivity (Wildman–Crippen MR) is 65.2 cm³/mol. The largest absolute Gasteiger partial charge is 0.339 e. The van der Waals surface area contributed by atoms with Crippen molar-refractivity contribution in [3.05, 3.63) is 0 Å². The second-order valence-electron chi connectivity index (χ2n) is 6.98. The molecule has 0 spiro atoms. The molecular weight excluding hydrogens is 212 g/mol. The van der Waals surface area contributed by atoms with Crippen LogP contribution in [0, 0.1) is 23.7 Å². The molecule has 4 aliphatic rings. The van der Waals surface area contributed by atoms with Crippen LogP contribution in [-0.4, -0.2) is 29.4 Å². The average Bonchev–Trinajstić information content (AvgIpc) is 2.93. The van der Waals surface area contributed by atoms with Gasteiger partial charge in [-0.2, -0.15) is 0 Å². The predicted octanol–water partition coefficient (Wildman–Crippen LogP) is 1.37. The van der Waals surface area contributed by atoms with Gasteiger partial charge in [-0.1, -0.05) is 6.42 Å². The lowest BCUT2D eigenvalue weighted by atomic mass is 9.82. The average molecular weight is 234 g/mol. The zero-order valence-corrected chi connectivity index (χ0v) is 10.4. The molecule has 1 heterocycles. The Kier molecular flexibility index (Phi) is 1.98. The van der Waals surface area contributed by atoms with Gasteiger partial charge in [-0.3, -0.25) is 4.79 Å². The fraction of sp³-hybridized carbons (Fsp3) is 0.929. The van der Waals surface area contributed by atoms with Crippen molar-refractivity contribution in [2.75, 3.05) is 13.1 Å². The van der Waals surface area contributed by atoms with Gasteiger partial charge in [-0.15, -0.1) is 0 Å². The molecule has 0 radical (unpaired) electrons. The van der Waals surface area contributed by atoms with E-state index in [1.807, 2.05) is 4.90 Å². The number of likely N-dealkylation sites (tertiary alicyclic amines) is 1. The van der Waals surface area contributed by atoms with Crippen LogP contribution in [-0.2, 0) is 4.79 Å². The molecule has 0 aromatic heterocycles. The highest BCUT2D eigenvalue weighted by Crippen LogP contribution is 2.50. The summed E-state index contributed by atoms with van der Waals surface area (Å²) in [4.78, 5) is 14.5. The summed E-state index contributed by atoms with van der Waals surface area (Å²) >= 11 is 0. The molecule has 3 aliphatic carbocycles. The molecule has 3 atom stereocenters. The number of nitrogens with zero attached hydrogens (tertiary/aromatic N) is 1. The molecule has 1 aliphatic heterocycles. The highest BCUT2D eigenvalue weighted by Gasteiger charge is 2.54. The third kappa shape index (κ3) is 1.48. The fourth-order valence-electron chi connectivity index (χ4n) is 4.52. The first-order chi connectivity index (χ1) is 8.16. The number of fused-ring (bicyclic) bond motifs is 2. The van der Waals surface area contributed by atoms with Gasteiger partial charge in [-0.05, 0) is 49.9 Å². The van der Waals surface area contributed by atoms with E-state index in [0.29, 0.717) is 23.7 Å². The third-order valence-electron chi connectivity index (χ3n) is 5.73. The summed E-state index contributed by atoms with van der Waals surface area (Å²) in [5, 5.41) is 0. The lowest BCUT2D eigenvalue weighted by Crippen LogP contribution is -2.70. The number of amides is 1. The van der Waals surface area contributed by atoms with E-state index in [1.165, 1.54) is 38.5 Å². The van der Waals surface area contributed by atoms with E-state index >= 15 is 0 Å². The van der Waals surface area contributed by atoms with Crippen LogP contribution in [0.15, 0.2) is 0 Å². The summed E-state index contributed by atoms with van der Waals surface area (Å²) < 4.78 is 0. The van der Waals surface area contributed by atoms with Crippen molar-refractivity contribution in [3.63, 3.8) is 0 Å². The van der Waals surface area contributed by atoms with Gasteiger partial charge < -0.3 is 10.6 Å². The van der Waals surface area contributed by atoms with Gasteiger partial charge in [0.25, 0.3) is 0 Å². The van der Waals surface area contributed by atoms with Gasteiger partial charge >= 0.3 is 0 Å². The minimum atomic E-state index is -0.00667. The van der Waals surface area contributed by atoms with Crippen molar-refractivity contribution < 1.29 is 4.79 Å². The normalized spacial score (nSPS) is 42.6. The Hall–Kier alpha value is -0.570. The second-order valence-corrected chi connectivity index (χ2v) is 6.98. The molecule has 2 N–H and O–H groups in total. The molecule has 3 nitrogen and oxygen atoms in total. The van der Waals surface area contributed by atoms with E-state index in [0.717, 1.165) is 19.0 Å². The maximum atomic E-state index is 12.4. The Balaban J connectivity index is 1.39. The zero-order chi connectivity index (χ0) is 11.6. The van der Waals surface area contributed by atoms with E-state index < -0.39 is 0 Å². The zero-order valence-electron chi connectivity index (χ0n) is 10.4. The molecule has 94 valence electrons. The molecule has 1 saturated heterocycles. The van der Waals surface area contributed by atoms with Crippen LogP contribution >= 0.6 is 0 Å². The van der Waals surface area contributed by atoms with Gasteiger partial charge in [0.15, 0.2) is 0 Å². The maximum Gasteiger partial charge on any atom is 0.226 e. The number of hydrogen-bond acceptors (Lipinski definition) is 2. The van der Waals surface area contributed by atoms with E-state index in [1.54, 1.807) is 0 Å². The summed E-state index contributed by atoms with van der Waals surface area (Å²) in [6.07, 6.45) is 7.73. The molecule has 0 aromatic carbocycles. The summed E-state index contributed by atoms with van der Waals surface area (Å²) in [7, 11) is 0. The summed E-state index contributed by atoms with van der Waals surface area (Å²) in [6.45, 7) is 1.68. The number of carbonyl (C=O) groups excluding carboxylic acids is 1. The first-order valence-electron chi connectivity index (χ1n) is 7.23. The number of rotatable bonds is 2. The highest BCUT2D eigenvalue weighted by atomic mass is 16.2. The Morgan fingerprint density at radius 2 is 1.88 bits per heavy atom. The van der Waals surface area contributed by atoms with Crippen LogP contribution in [0.1, 0.15) is 38.5 Å². The van der Waals surface area contributed by atoms with Crippen LogP contribution in [0.3, 0.4) is 0 Å². The molecule has 4 rings (SSSR count). The summed E-state index contributed by atoms with van der Waals surface area (Å²) in [5.41, 5.74) is 6.31. The molecule has 3 unspecified atom stereocenters. The Morgan fingerprint density at radius 3 is 2.41 bits per heavy atom. The van der Waals surface area contributed by atoms with Crippen molar-refractivity contribution in [2.24, 2.45) is 29.4 Å². The molecule has 3 heteroatoms. The molecule has 1 amide bonds. The Bertz CT molecular complexity index is 357. The lowest BCUT2D eigenvalue weighted by molar-refractivity contribution is -0.145. The van der Waals surface area contributed by atoms with Gasteiger partial charge in [0.1, 0.15) is 0 Å². The quantitative estimate of drug-likeness (QED) is 0.784. The molecule has 2 bridgehead atoms. The van der Waals surface area contributed by atoms with Gasteiger partial charge in [0, 0.05) is 19.0 Å². The van der Waals surface area contributed by atoms with Gasteiger partial charge in [0.2, 0.25) is 5.91 Å². The summed E-state index contributed by atoms with van der Waals surface area (Å²) in [6, 6.07) is 0. The van der Waals surface area contributed by atoms with Crippen LogP contribution in [0.4, 0.5) is 0 Å². The SMILES string of the molecule is NC1(C2CC2)CN(C(=O)C2CC3CCC2C3)C1. The first kappa shape index (κ1) is 10.4. The standard InChI is InChI=1S/C14H22N2O/c15-14(11-3-4-11)7-16(8-14)13(17)12-6-9-1-2-10(12)5-9/h9-12H,1-8,15H2. The van der Waals surface area contributed by atoms with Crippen molar-refractivity contribution in [2.45, 2.75) is 44.1 Å². The molecule has 4 fully saturated rings. The van der Waals surface area contributed by atoms with Crippen molar-refractivity contribution in [1.29, 1.82) is 0 Å². The van der Waals surface area contributed by atoms with E-state index in [9.17, 15) is 4.79 Å². The maximum absolute atomic E-state index is 12.4. The molecule has 17 heavy (non-hydrogen) atoms. The Morgan fingerprint density at radius 1 is 1.12 bits per heavy atom. The van der Waals surface area contributed by atoms with E-state index in [2.05, 4.69) is 0 Å². The second kappa shape index (κ2) is 3.25. The fourth-order valence-corrected chi connectivity index (χ4v) is 4.52. The van der Waals surface area contributed by atoms with Crippen LogP contribution in [0.5, 0.6) is 0 Å². The highest BCUT2D eigenvalue weighted by molar-refractivity contribution is 5.81. The summed E-state index contributed by atoms with van der Waals surface area (Å²) in [5.74, 6) is 3.07. The molecule has 0 aromatic rings. The Labute approximate surface area is 103 Å². The third-order valence-corrected chi connectivity index (χ3v) is 5.73. The molecule has 3 saturated carbocycles. The lowest BCUT2D eigenvalue weighted by Gasteiger charge is -2.49. The molecular formula is C14H22N2O. The van der Waals surface area contributed by atoms with Crippen LogP contribution in [0.2, 0.25) is 0 Å². The van der Waals surface area contributed by atoms with Crippen molar-refractivity contribution in [1.82, 2.24) is 4.90 Å².